The molecule has 4 aromatic rings. The van der Waals surface area contributed by atoms with Crippen LogP contribution in [0.2, 0.25) is 0 Å². The second kappa shape index (κ2) is 11.2. The lowest BCUT2D eigenvalue weighted by Crippen LogP contribution is -2.47. The van der Waals surface area contributed by atoms with Gasteiger partial charge < -0.3 is 34.7 Å². The molecule has 0 radical (unpaired) electrons. The lowest BCUT2D eigenvalue weighted by atomic mass is 9.89. The minimum atomic E-state index is -1.48. The van der Waals surface area contributed by atoms with Gasteiger partial charge in [-0.2, -0.15) is 0 Å². The summed E-state index contributed by atoms with van der Waals surface area (Å²) in [6, 6.07) is 18.2. The molecule has 0 spiro atoms. The number of hydrogen-bond acceptors (Lipinski definition) is 7. The molecule has 2 heterocycles. The first-order valence-electron chi connectivity index (χ1n) is 13.0. The predicted octanol–water partition coefficient (Wildman–Crippen LogP) is 3.17. The topological polar surface area (TPSA) is 134 Å². The van der Waals surface area contributed by atoms with E-state index in [1.54, 1.807) is 72.9 Å². The molecule has 1 aliphatic heterocycles. The van der Waals surface area contributed by atoms with Crippen molar-refractivity contribution < 1.29 is 29.0 Å². The number of likely N-dealkylation sites (N-methyl/N-ethyl adjacent to an activating group) is 1. The van der Waals surface area contributed by atoms with Crippen LogP contribution in [0.3, 0.4) is 0 Å². The van der Waals surface area contributed by atoms with E-state index in [9.17, 15) is 19.5 Å². The molecule has 1 aromatic heterocycles. The molecule has 41 heavy (non-hydrogen) atoms. The molecule has 1 fully saturated rings. The molecule has 5 rings (SSSR count). The van der Waals surface area contributed by atoms with E-state index in [0.29, 0.717) is 40.3 Å². The van der Waals surface area contributed by atoms with E-state index in [0.717, 1.165) is 11.9 Å². The van der Waals surface area contributed by atoms with E-state index in [1.807, 2.05) is 19.0 Å². The standard InChI is InChI=1S/C30H31N5O6/c1-34(2)14-13-31-26(36)19-5-4-6-24(15-19)41-22-11-8-21(9-12-22)30(28(38)32-29(39)33-30)18-35-17-20-7-10-23(40-3)16-25(20)27(35)37/h4-12,15-17,37H,13-14,18H2,1-3H3,(H,31,36)(H2,32,33,38,39)/t30-/m0/s1. The summed E-state index contributed by atoms with van der Waals surface area (Å²) in [5.41, 5.74) is -0.507. The van der Waals surface area contributed by atoms with Gasteiger partial charge in [0.05, 0.1) is 13.7 Å². The fourth-order valence-electron chi connectivity index (χ4n) is 4.77. The van der Waals surface area contributed by atoms with Crippen molar-refractivity contribution >= 4 is 28.6 Å². The normalized spacial score (nSPS) is 16.5. The highest BCUT2D eigenvalue weighted by atomic mass is 16.5. The number of carbonyl (C=O) groups is 3. The summed E-state index contributed by atoms with van der Waals surface area (Å²) in [5, 5.41) is 20.2. The smallest absolute Gasteiger partial charge is 0.322 e. The van der Waals surface area contributed by atoms with Crippen LogP contribution in [0.1, 0.15) is 15.9 Å². The Labute approximate surface area is 236 Å². The third kappa shape index (κ3) is 5.66. The van der Waals surface area contributed by atoms with E-state index < -0.39 is 17.5 Å². The maximum absolute atomic E-state index is 13.1. The van der Waals surface area contributed by atoms with E-state index in [4.69, 9.17) is 9.47 Å². The Morgan fingerprint density at radius 2 is 1.78 bits per heavy atom. The third-order valence-electron chi connectivity index (χ3n) is 6.94. The molecular weight excluding hydrogens is 526 g/mol. The van der Waals surface area contributed by atoms with Crippen LogP contribution >= 0.6 is 0 Å². The molecule has 0 aliphatic carbocycles. The number of urea groups is 1. The molecule has 11 heteroatoms. The van der Waals surface area contributed by atoms with Crippen LogP contribution in [-0.2, 0) is 16.9 Å². The molecule has 1 saturated heterocycles. The van der Waals surface area contributed by atoms with Gasteiger partial charge in [0, 0.05) is 35.6 Å². The number of fused-ring (bicyclic) bond motifs is 1. The number of aromatic hydroxyl groups is 1. The largest absolute Gasteiger partial charge is 0.497 e. The first-order chi connectivity index (χ1) is 19.7. The van der Waals surface area contributed by atoms with Crippen molar-refractivity contribution in [1.29, 1.82) is 0 Å². The van der Waals surface area contributed by atoms with Gasteiger partial charge in [0.25, 0.3) is 11.8 Å². The number of aromatic nitrogens is 1. The number of nitrogens with one attached hydrogen (secondary N) is 3. The van der Waals surface area contributed by atoms with Crippen molar-refractivity contribution in [1.82, 2.24) is 25.4 Å². The Morgan fingerprint density at radius 3 is 2.46 bits per heavy atom. The first kappa shape index (κ1) is 27.5. The number of imide groups is 1. The number of benzene rings is 3. The minimum absolute atomic E-state index is 0.0570. The fourth-order valence-corrected chi connectivity index (χ4v) is 4.77. The van der Waals surface area contributed by atoms with Crippen molar-refractivity contribution in [3.63, 3.8) is 0 Å². The van der Waals surface area contributed by atoms with E-state index in [1.165, 1.54) is 11.7 Å². The fraction of sp³-hybridized carbons (Fsp3) is 0.233. The van der Waals surface area contributed by atoms with Gasteiger partial charge in [0.1, 0.15) is 17.2 Å². The van der Waals surface area contributed by atoms with Gasteiger partial charge in [0.2, 0.25) is 0 Å². The van der Waals surface area contributed by atoms with Crippen molar-refractivity contribution in [3.05, 3.63) is 84.1 Å². The molecule has 11 nitrogen and oxygen atoms in total. The summed E-state index contributed by atoms with van der Waals surface area (Å²) in [7, 11) is 5.41. The van der Waals surface area contributed by atoms with Crippen molar-refractivity contribution in [2.45, 2.75) is 12.1 Å². The summed E-state index contributed by atoms with van der Waals surface area (Å²) < 4.78 is 12.8. The average Bonchev–Trinajstić information content (AvgIpc) is 3.42. The number of nitrogens with zero attached hydrogens (tertiary/aromatic N) is 2. The molecule has 0 bridgehead atoms. The SMILES string of the molecule is COc1ccc2cn(C[C@@]3(c4ccc(Oc5cccc(C(=O)NCCN(C)C)c5)cc4)NC(=O)NC3=O)c(O)c2c1. The van der Waals surface area contributed by atoms with Gasteiger partial charge in [0.15, 0.2) is 11.4 Å². The van der Waals surface area contributed by atoms with Crippen LogP contribution in [0, 0.1) is 0 Å². The number of methoxy groups -OCH3 is 1. The monoisotopic (exact) mass is 557 g/mol. The maximum atomic E-state index is 13.1. The van der Waals surface area contributed by atoms with E-state index >= 15 is 0 Å². The zero-order chi connectivity index (χ0) is 29.1. The van der Waals surface area contributed by atoms with Crippen molar-refractivity contribution in [2.24, 2.45) is 0 Å². The number of hydrogen-bond donors (Lipinski definition) is 4. The highest BCUT2D eigenvalue weighted by molar-refractivity contribution is 6.07. The van der Waals surface area contributed by atoms with Crippen LogP contribution in [0.4, 0.5) is 4.79 Å². The average molecular weight is 558 g/mol. The van der Waals surface area contributed by atoms with Gasteiger partial charge in [-0.15, -0.1) is 0 Å². The van der Waals surface area contributed by atoms with Crippen LogP contribution in [-0.4, -0.2) is 66.7 Å². The summed E-state index contributed by atoms with van der Waals surface area (Å²) in [4.78, 5) is 39.9. The van der Waals surface area contributed by atoms with Crippen LogP contribution in [0.15, 0.2) is 72.9 Å². The quantitative estimate of drug-likeness (QED) is 0.220. The number of ether oxygens (including phenoxy) is 2. The Kier molecular flexibility index (Phi) is 7.54. The summed E-state index contributed by atoms with van der Waals surface area (Å²) in [6.07, 6.45) is 1.71. The predicted molar refractivity (Wildman–Crippen MR) is 152 cm³/mol. The highest BCUT2D eigenvalue weighted by Gasteiger charge is 2.48. The third-order valence-corrected chi connectivity index (χ3v) is 6.94. The Bertz CT molecular complexity index is 1610. The molecule has 0 saturated carbocycles. The zero-order valence-electron chi connectivity index (χ0n) is 22.9. The Hall–Kier alpha value is -5.03. The Balaban J connectivity index is 1.37. The molecule has 1 atom stereocenters. The van der Waals surface area contributed by atoms with E-state index in [2.05, 4.69) is 16.0 Å². The second-order valence-corrected chi connectivity index (χ2v) is 10.1. The van der Waals surface area contributed by atoms with Crippen molar-refractivity contribution in [3.8, 4) is 23.1 Å². The summed E-state index contributed by atoms with van der Waals surface area (Å²) in [5.74, 6) is 0.728. The summed E-state index contributed by atoms with van der Waals surface area (Å²) in [6.45, 7) is 1.19. The molecule has 0 unspecified atom stereocenters. The van der Waals surface area contributed by atoms with Gasteiger partial charge in [-0.1, -0.05) is 18.2 Å². The second-order valence-electron chi connectivity index (χ2n) is 10.1. The molecule has 212 valence electrons. The Morgan fingerprint density at radius 1 is 1.02 bits per heavy atom. The maximum Gasteiger partial charge on any atom is 0.322 e. The van der Waals surface area contributed by atoms with Crippen molar-refractivity contribution in [2.75, 3.05) is 34.3 Å². The molecule has 4 N–H and O–H groups in total. The van der Waals surface area contributed by atoms with E-state index in [-0.39, 0.29) is 18.3 Å². The zero-order valence-corrected chi connectivity index (χ0v) is 22.9. The summed E-state index contributed by atoms with van der Waals surface area (Å²) >= 11 is 0. The molecular formula is C30H31N5O6. The number of rotatable bonds is 10. The van der Waals surface area contributed by atoms with Gasteiger partial charge in [-0.25, -0.2) is 4.79 Å². The molecule has 4 amide bonds. The van der Waals surface area contributed by atoms with Gasteiger partial charge in [-0.3, -0.25) is 14.9 Å². The highest BCUT2D eigenvalue weighted by Crippen LogP contribution is 2.35. The van der Waals surface area contributed by atoms with Crippen LogP contribution < -0.4 is 25.4 Å². The lowest BCUT2D eigenvalue weighted by molar-refractivity contribution is -0.124. The molecule has 3 aromatic carbocycles. The van der Waals surface area contributed by atoms with Gasteiger partial charge in [-0.05, 0) is 68.2 Å². The number of amides is 4. The first-order valence-corrected chi connectivity index (χ1v) is 13.0. The number of carbonyl (C=O) groups excluding carboxylic acids is 3. The minimum Gasteiger partial charge on any atom is -0.497 e. The van der Waals surface area contributed by atoms with Crippen LogP contribution in [0.5, 0.6) is 23.1 Å². The molecule has 1 aliphatic rings. The van der Waals surface area contributed by atoms with Gasteiger partial charge >= 0.3 is 6.03 Å². The lowest BCUT2D eigenvalue weighted by Gasteiger charge is -2.27. The van der Waals surface area contributed by atoms with Crippen LogP contribution in [0.25, 0.3) is 10.8 Å².